The van der Waals surface area contributed by atoms with Gasteiger partial charge in [-0.05, 0) is 36.6 Å². The summed E-state index contributed by atoms with van der Waals surface area (Å²) in [6.45, 7) is 1.04. The molecule has 0 heterocycles. The predicted octanol–water partition coefficient (Wildman–Crippen LogP) is 2.14. The lowest BCUT2D eigenvalue weighted by Crippen LogP contribution is -2.34. The van der Waals surface area contributed by atoms with Crippen LogP contribution in [0.5, 0.6) is 0 Å². The lowest BCUT2D eigenvalue weighted by Gasteiger charge is -2.09. The molecule has 0 aliphatic heterocycles. The molecule has 0 fully saturated rings. The molecule has 0 saturated carbocycles. The minimum atomic E-state index is -3.53. The summed E-state index contributed by atoms with van der Waals surface area (Å²) in [6, 6.07) is 16.2. The zero-order valence-corrected chi connectivity index (χ0v) is 15.9. The molecule has 27 heavy (non-hydrogen) atoms. The van der Waals surface area contributed by atoms with Crippen molar-refractivity contribution in [3.05, 3.63) is 60.2 Å². The van der Waals surface area contributed by atoms with Crippen LogP contribution in [0.15, 0.2) is 54.6 Å². The molecule has 0 aromatic heterocycles. The van der Waals surface area contributed by atoms with Crippen molar-refractivity contribution in [2.75, 3.05) is 22.9 Å². The van der Waals surface area contributed by atoms with Gasteiger partial charge in [0.25, 0.3) is 0 Å². The molecule has 0 aliphatic rings. The number of amides is 2. The maximum Gasteiger partial charge on any atom is 0.239 e. The van der Waals surface area contributed by atoms with E-state index in [9.17, 15) is 18.0 Å². The Morgan fingerprint density at radius 2 is 1.59 bits per heavy atom. The van der Waals surface area contributed by atoms with E-state index >= 15 is 0 Å². The molecule has 3 N–H and O–H groups in total. The van der Waals surface area contributed by atoms with Gasteiger partial charge in [0.1, 0.15) is 0 Å². The van der Waals surface area contributed by atoms with Crippen molar-refractivity contribution in [2.45, 2.75) is 19.8 Å². The number of rotatable bonds is 9. The van der Waals surface area contributed by atoms with Crippen molar-refractivity contribution in [3.8, 4) is 0 Å². The molecule has 2 aromatic rings. The van der Waals surface area contributed by atoms with E-state index in [-0.39, 0.29) is 18.2 Å². The number of hydrogen-bond donors (Lipinski definition) is 3. The van der Waals surface area contributed by atoms with Crippen molar-refractivity contribution < 1.29 is 18.0 Å². The molecule has 2 amide bonds. The van der Waals surface area contributed by atoms with Crippen LogP contribution in [0, 0.1) is 0 Å². The molecule has 2 aromatic carbocycles. The summed E-state index contributed by atoms with van der Waals surface area (Å²) < 4.78 is 26.3. The first-order valence-corrected chi connectivity index (χ1v) is 10.2. The van der Waals surface area contributed by atoms with Gasteiger partial charge in [-0.25, -0.2) is 13.1 Å². The lowest BCUT2D eigenvalue weighted by molar-refractivity contribution is -0.115. The van der Waals surface area contributed by atoms with Gasteiger partial charge in [0.15, 0.2) is 0 Å². The Hall–Kier alpha value is -2.71. The first kappa shape index (κ1) is 20.6. The van der Waals surface area contributed by atoms with Crippen LogP contribution in [-0.4, -0.2) is 32.5 Å². The van der Waals surface area contributed by atoms with Crippen molar-refractivity contribution in [3.63, 3.8) is 0 Å². The minimum Gasteiger partial charge on any atom is -0.326 e. The van der Waals surface area contributed by atoms with Crippen LogP contribution in [0.2, 0.25) is 0 Å². The van der Waals surface area contributed by atoms with Gasteiger partial charge in [0.05, 0.1) is 12.3 Å². The highest BCUT2D eigenvalue weighted by atomic mass is 32.2. The Morgan fingerprint density at radius 3 is 2.26 bits per heavy atom. The van der Waals surface area contributed by atoms with Gasteiger partial charge in [0, 0.05) is 18.3 Å². The molecular weight excluding hydrogens is 366 g/mol. The van der Waals surface area contributed by atoms with E-state index in [4.69, 9.17) is 0 Å². The Balaban J connectivity index is 1.77. The van der Waals surface area contributed by atoms with Crippen LogP contribution < -0.4 is 15.4 Å². The number of benzene rings is 2. The summed E-state index contributed by atoms with van der Waals surface area (Å²) in [5.74, 6) is -0.754. The third kappa shape index (κ3) is 8.02. The largest absolute Gasteiger partial charge is 0.326 e. The van der Waals surface area contributed by atoms with Gasteiger partial charge < -0.3 is 10.6 Å². The summed E-state index contributed by atoms with van der Waals surface area (Å²) in [7, 11) is -3.53. The van der Waals surface area contributed by atoms with Crippen molar-refractivity contribution in [1.82, 2.24) is 4.72 Å². The van der Waals surface area contributed by atoms with Crippen LogP contribution in [0.4, 0.5) is 11.4 Å². The first-order valence-electron chi connectivity index (χ1n) is 8.53. The second-order valence-electron chi connectivity index (χ2n) is 6.04. The van der Waals surface area contributed by atoms with E-state index in [1.54, 1.807) is 24.3 Å². The number of carbonyl (C=O) groups is 2. The molecule has 8 heteroatoms. The monoisotopic (exact) mass is 389 g/mol. The van der Waals surface area contributed by atoms with Gasteiger partial charge in [-0.15, -0.1) is 0 Å². The van der Waals surface area contributed by atoms with Gasteiger partial charge in [-0.1, -0.05) is 36.4 Å². The fourth-order valence-electron chi connectivity index (χ4n) is 2.44. The number of anilines is 2. The Labute approximate surface area is 159 Å². The zero-order valence-electron chi connectivity index (χ0n) is 15.1. The number of hydrogen-bond acceptors (Lipinski definition) is 4. The third-order valence-corrected chi connectivity index (χ3v) is 5.05. The lowest BCUT2D eigenvalue weighted by atomic mass is 10.1. The normalized spacial score (nSPS) is 11.0. The van der Waals surface area contributed by atoms with Crippen LogP contribution in [0.1, 0.15) is 18.9 Å². The molecule has 2 rings (SSSR count). The Morgan fingerprint density at radius 1 is 0.926 bits per heavy atom. The molecule has 0 aliphatic carbocycles. The highest BCUT2D eigenvalue weighted by molar-refractivity contribution is 7.89. The molecule has 7 nitrogen and oxygen atoms in total. The Kier molecular flexibility index (Phi) is 7.51. The van der Waals surface area contributed by atoms with Gasteiger partial charge in [-0.2, -0.15) is 0 Å². The van der Waals surface area contributed by atoms with E-state index in [0.717, 1.165) is 5.56 Å². The average Bonchev–Trinajstić information content (AvgIpc) is 2.61. The van der Waals surface area contributed by atoms with Crippen LogP contribution >= 0.6 is 0 Å². The second kappa shape index (κ2) is 9.84. The fourth-order valence-corrected chi connectivity index (χ4v) is 3.46. The number of aryl methyl sites for hydroxylation is 1. The van der Waals surface area contributed by atoms with Crippen LogP contribution in [0.3, 0.4) is 0 Å². The van der Waals surface area contributed by atoms with Crippen LogP contribution in [0.25, 0.3) is 0 Å². The first-order chi connectivity index (χ1) is 12.8. The van der Waals surface area contributed by atoms with Crippen LogP contribution in [-0.2, 0) is 26.0 Å². The topological polar surface area (TPSA) is 104 Å². The summed E-state index contributed by atoms with van der Waals surface area (Å²) in [5.41, 5.74) is 2.08. The summed E-state index contributed by atoms with van der Waals surface area (Å²) in [6.07, 6.45) is 1.13. The molecule has 0 radical (unpaired) electrons. The van der Waals surface area contributed by atoms with Crippen molar-refractivity contribution >= 4 is 33.2 Å². The quantitative estimate of drug-likeness (QED) is 0.611. The fraction of sp³-hybridized carbons (Fsp3) is 0.263. The summed E-state index contributed by atoms with van der Waals surface area (Å²) in [5, 5.41) is 5.20. The maximum atomic E-state index is 12.0. The van der Waals surface area contributed by atoms with E-state index in [1.165, 1.54) is 6.92 Å². The molecular formula is C19H23N3O4S. The number of carbonyl (C=O) groups excluding carboxylic acids is 2. The third-order valence-electron chi connectivity index (χ3n) is 3.64. The zero-order chi connectivity index (χ0) is 19.7. The maximum absolute atomic E-state index is 12.0. The molecule has 144 valence electrons. The summed E-state index contributed by atoms with van der Waals surface area (Å²) >= 11 is 0. The SMILES string of the molecule is CC(=O)Nc1cccc(NC(=O)CNS(=O)(=O)CCCc2ccccc2)c1. The molecule has 0 atom stereocenters. The molecule has 0 bridgehead atoms. The van der Waals surface area contributed by atoms with Crippen molar-refractivity contribution in [1.29, 1.82) is 0 Å². The standard InChI is InChI=1S/C19H23N3O4S/c1-15(23)21-17-10-5-11-18(13-17)22-19(24)14-20-27(25,26)12-6-9-16-7-3-2-4-8-16/h2-5,7-8,10-11,13,20H,6,9,12,14H2,1H3,(H,21,23)(H,22,24). The van der Waals surface area contributed by atoms with E-state index in [0.29, 0.717) is 24.2 Å². The van der Waals surface area contributed by atoms with Gasteiger partial charge in [0.2, 0.25) is 21.8 Å². The highest BCUT2D eigenvalue weighted by Gasteiger charge is 2.12. The van der Waals surface area contributed by atoms with E-state index in [1.807, 2.05) is 30.3 Å². The Bertz CT molecular complexity index is 883. The second-order valence-corrected chi connectivity index (χ2v) is 7.97. The minimum absolute atomic E-state index is 0.0484. The smallest absolute Gasteiger partial charge is 0.239 e. The van der Waals surface area contributed by atoms with E-state index < -0.39 is 15.9 Å². The van der Waals surface area contributed by atoms with Gasteiger partial charge in [-0.3, -0.25) is 9.59 Å². The summed E-state index contributed by atoms with van der Waals surface area (Å²) in [4.78, 5) is 23.0. The molecule has 0 saturated heterocycles. The van der Waals surface area contributed by atoms with Crippen molar-refractivity contribution in [2.24, 2.45) is 0 Å². The predicted molar refractivity (Wildman–Crippen MR) is 106 cm³/mol. The molecule has 0 unspecified atom stereocenters. The van der Waals surface area contributed by atoms with E-state index in [2.05, 4.69) is 15.4 Å². The average molecular weight is 389 g/mol. The molecule has 0 spiro atoms. The number of nitrogens with one attached hydrogen (secondary N) is 3. The van der Waals surface area contributed by atoms with Gasteiger partial charge >= 0.3 is 0 Å². The number of sulfonamides is 1. The highest BCUT2D eigenvalue weighted by Crippen LogP contribution is 2.14.